The van der Waals surface area contributed by atoms with Crippen molar-refractivity contribution in [2.24, 2.45) is 5.92 Å². The highest BCUT2D eigenvalue weighted by atomic mass is 28.3. The second-order valence-electron chi connectivity index (χ2n) is 11.8. The zero-order chi connectivity index (χ0) is 28.4. The maximum absolute atomic E-state index is 15.2. The minimum Gasteiger partial charge on any atom is -0.493 e. The number of nitrogens with one attached hydrogen (secondary N) is 1. The predicted octanol–water partition coefficient (Wildman–Crippen LogP) is 6.34. The molecule has 5 rings (SSSR count). The molecule has 2 heterocycles. The SMILES string of the molecule is C[Si](C)(C)CCOCn1cc(-c2cc3c(cc2F)N(C(=O)NCc2cc(F)cc(OCC4CC4)c2)CC3)c(F)n1. The fourth-order valence-electron chi connectivity index (χ4n) is 4.59. The molecule has 0 radical (unpaired) electrons. The minimum absolute atomic E-state index is 0.0443. The molecule has 1 N–H and O–H groups in total. The van der Waals surface area contributed by atoms with Crippen molar-refractivity contribution in [3.05, 3.63) is 65.2 Å². The number of halogens is 3. The van der Waals surface area contributed by atoms with E-state index in [4.69, 9.17) is 9.47 Å². The Kier molecular flexibility index (Phi) is 8.23. The molecule has 2 amide bonds. The van der Waals surface area contributed by atoms with Crippen molar-refractivity contribution < 1.29 is 27.4 Å². The van der Waals surface area contributed by atoms with Gasteiger partial charge in [0.2, 0.25) is 5.95 Å². The van der Waals surface area contributed by atoms with Gasteiger partial charge in [-0.25, -0.2) is 18.3 Å². The fourth-order valence-corrected chi connectivity index (χ4v) is 5.34. The molecule has 0 atom stereocenters. The summed E-state index contributed by atoms with van der Waals surface area (Å²) in [6.45, 7) is 8.38. The van der Waals surface area contributed by atoms with Crippen LogP contribution in [0.1, 0.15) is 24.0 Å². The second-order valence-corrected chi connectivity index (χ2v) is 17.4. The molecule has 2 aromatic carbocycles. The van der Waals surface area contributed by atoms with E-state index < -0.39 is 31.7 Å². The molecular weight excluding hydrogens is 537 g/mol. The molecule has 0 bridgehead atoms. The van der Waals surface area contributed by atoms with Crippen LogP contribution in [0.2, 0.25) is 25.7 Å². The first-order valence-corrected chi connectivity index (χ1v) is 17.4. The number of hydrogen-bond donors (Lipinski definition) is 1. The third-order valence-electron chi connectivity index (χ3n) is 7.09. The molecule has 3 aromatic rings. The summed E-state index contributed by atoms with van der Waals surface area (Å²) < 4.78 is 56.6. The van der Waals surface area contributed by atoms with E-state index in [1.165, 1.54) is 34.0 Å². The number of hydrogen-bond acceptors (Lipinski definition) is 4. The molecule has 214 valence electrons. The maximum Gasteiger partial charge on any atom is 0.322 e. The number of amides is 2. The van der Waals surface area contributed by atoms with Crippen molar-refractivity contribution in [2.75, 3.05) is 24.7 Å². The maximum atomic E-state index is 15.2. The zero-order valence-corrected chi connectivity index (χ0v) is 24.1. The number of benzene rings is 2. The summed E-state index contributed by atoms with van der Waals surface area (Å²) in [4.78, 5) is 14.4. The number of ether oxygens (including phenoxy) is 2. The molecule has 1 fully saturated rings. The Labute approximate surface area is 233 Å². The standard InChI is InChI=1S/C29H35F3N4O3Si/c1-40(2,3)9-8-38-18-35-16-25(28(32)34-35)24-12-21-6-7-36(27(21)14-26(24)31)29(37)33-15-20-10-22(30)13-23(11-20)39-17-19-4-5-19/h10-14,16,19H,4-9,15,17-18H2,1-3H3,(H,33,37). The van der Waals surface area contributed by atoms with Gasteiger partial charge in [0.05, 0.1) is 17.9 Å². The van der Waals surface area contributed by atoms with Crippen molar-refractivity contribution in [1.82, 2.24) is 15.1 Å². The number of urea groups is 1. The fraction of sp³-hybridized carbons (Fsp3) is 0.448. The van der Waals surface area contributed by atoms with Crippen LogP contribution in [-0.4, -0.2) is 43.6 Å². The molecule has 0 unspecified atom stereocenters. The topological polar surface area (TPSA) is 68.6 Å². The van der Waals surface area contributed by atoms with Gasteiger partial charge in [-0.2, -0.15) is 4.39 Å². The molecule has 40 heavy (non-hydrogen) atoms. The van der Waals surface area contributed by atoms with Crippen LogP contribution in [0.5, 0.6) is 5.75 Å². The van der Waals surface area contributed by atoms with Crippen LogP contribution in [0, 0.1) is 23.5 Å². The van der Waals surface area contributed by atoms with Crippen molar-refractivity contribution in [2.45, 2.75) is 58.2 Å². The largest absolute Gasteiger partial charge is 0.493 e. The van der Waals surface area contributed by atoms with Gasteiger partial charge in [0, 0.05) is 45.6 Å². The van der Waals surface area contributed by atoms with Gasteiger partial charge >= 0.3 is 6.03 Å². The number of aromatic nitrogens is 2. The molecule has 2 aliphatic rings. The lowest BCUT2D eigenvalue weighted by molar-refractivity contribution is 0.0774. The summed E-state index contributed by atoms with van der Waals surface area (Å²) in [6.07, 6.45) is 4.19. The van der Waals surface area contributed by atoms with Gasteiger partial charge in [0.1, 0.15) is 24.1 Å². The summed E-state index contributed by atoms with van der Waals surface area (Å²) >= 11 is 0. The summed E-state index contributed by atoms with van der Waals surface area (Å²) in [6, 6.07) is 7.77. The van der Waals surface area contributed by atoms with Crippen molar-refractivity contribution >= 4 is 19.8 Å². The Morgan fingerprint density at radius 2 is 1.90 bits per heavy atom. The van der Waals surface area contributed by atoms with Crippen LogP contribution in [0.25, 0.3) is 11.1 Å². The number of rotatable bonds is 11. The highest BCUT2D eigenvalue weighted by Gasteiger charge is 2.28. The molecule has 1 aromatic heterocycles. The van der Waals surface area contributed by atoms with Gasteiger partial charge in [-0.3, -0.25) is 4.90 Å². The molecule has 7 nitrogen and oxygen atoms in total. The van der Waals surface area contributed by atoms with Gasteiger partial charge < -0.3 is 14.8 Å². The van der Waals surface area contributed by atoms with E-state index in [0.29, 0.717) is 49.1 Å². The molecule has 0 spiro atoms. The van der Waals surface area contributed by atoms with Crippen LogP contribution in [-0.2, 0) is 24.4 Å². The van der Waals surface area contributed by atoms with E-state index in [1.54, 1.807) is 12.1 Å². The molecule has 1 aliphatic carbocycles. The third kappa shape index (κ3) is 7.06. The number of carbonyl (C=O) groups is 1. The normalized spacial score (nSPS) is 14.9. The van der Waals surface area contributed by atoms with E-state index in [0.717, 1.165) is 24.4 Å². The number of anilines is 1. The lowest BCUT2D eigenvalue weighted by atomic mass is 10.0. The van der Waals surface area contributed by atoms with Crippen molar-refractivity contribution in [1.29, 1.82) is 0 Å². The zero-order valence-electron chi connectivity index (χ0n) is 23.1. The van der Waals surface area contributed by atoms with Gasteiger partial charge in [-0.15, -0.1) is 5.10 Å². The highest BCUT2D eigenvalue weighted by Crippen LogP contribution is 2.35. The Hall–Kier alpha value is -3.31. The Balaban J connectivity index is 1.22. The second kappa shape index (κ2) is 11.7. The molecule has 11 heteroatoms. The van der Waals surface area contributed by atoms with Gasteiger partial charge in [-0.05, 0) is 66.6 Å². The van der Waals surface area contributed by atoms with Crippen molar-refractivity contribution in [3.63, 3.8) is 0 Å². The smallest absolute Gasteiger partial charge is 0.322 e. The van der Waals surface area contributed by atoms with E-state index in [2.05, 4.69) is 30.1 Å². The van der Waals surface area contributed by atoms with Crippen LogP contribution in [0.4, 0.5) is 23.7 Å². The van der Waals surface area contributed by atoms with Gasteiger partial charge in [0.25, 0.3) is 0 Å². The average molecular weight is 573 g/mol. The first-order chi connectivity index (χ1) is 19.1. The first-order valence-electron chi connectivity index (χ1n) is 13.7. The van der Waals surface area contributed by atoms with Crippen molar-refractivity contribution in [3.8, 4) is 16.9 Å². The minimum atomic E-state index is -1.25. The van der Waals surface area contributed by atoms with E-state index in [9.17, 15) is 13.6 Å². The van der Waals surface area contributed by atoms with Crippen LogP contribution in [0.3, 0.4) is 0 Å². The van der Waals surface area contributed by atoms with Crippen LogP contribution >= 0.6 is 0 Å². The van der Waals surface area contributed by atoms with Gasteiger partial charge in [0.15, 0.2) is 0 Å². The number of nitrogens with zero attached hydrogens (tertiary/aromatic N) is 3. The van der Waals surface area contributed by atoms with E-state index in [-0.39, 0.29) is 24.4 Å². The third-order valence-corrected chi connectivity index (χ3v) is 8.80. The first kappa shape index (κ1) is 28.2. The summed E-state index contributed by atoms with van der Waals surface area (Å²) in [5, 5.41) is 6.63. The predicted molar refractivity (Wildman–Crippen MR) is 150 cm³/mol. The summed E-state index contributed by atoms with van der Waals surface area (Å²) in [7, 11) is -1.25. The average Bonchev–Trinajstić information content (AvgIpc) is 3.52. The van der Waals surface area contributed by atoms with Crippen LogP contribution in [0.15, 0.2) is 36.5 Å². The van der Waals surface area contributed by atoms with Gasteiger partial charge in [-0.1, -0.05) is 19.6 Å². The Bertz CT molecular complexity index is 1390. The lowest BCUT2D eigenvalue weighted by Gasteiger charge is -2.19. The quantitative estimate of drug-likeness (QED) is 0.215. The van der Waals surface area contributed by atoms with E-state index in [1.807, 2.05) is 0 Å². The molecule has 1 saturated carbocycles. The molecular formula is C29H35F3N4O3Si. The van der Waals surface area contributed by atoms with Crippen LogP contribution < -0.4 is 15.0 Å². The highest BCUT2D eigenvalue weighted by molar-refractivity contribution is 6.76. The Morgan fingerprint density at radius 1 is 1.10 bits per heavy atom. The number of fused-ring (bicyclic) bond motifs is 1. The molecule has 1 aliphatic heterocycles. The van der Waals surface area contributed by atoms with E-state index >= 15 is 4.39 Å². The lowest BCUT2D eigenvalue weighted by Crippen LogP contribution is -2.38. The summed E-state index contributed by atoms with van der Waals surface area (Å²) in [5.74, 6) is -0.901. The summed E-state index contributed by atoms with van der Waals surface area (Å²) in [5.41, 5.74) is 1.85. The monoisotopic (exact) mass is 572 g/mol. The Morgan fingerprint density at radius 3 is 2.65 bits per heavy atom. The number of carbonyl (C=O) groups excluding carboxylic acids is 1. The molecule has 0 saturated heterocycles.